The van der Waals surface area contributed by atoms with Gasteiger partial charge in [0.05, 0.1) is 5.92 Å². The maximum atomic E-state index is 12.6. The molecule has 0 aromatic carbocycles. The Bertz CT molecular complexity index is 727. The van der Waals surface area contributed by atoms with E-state index in [2.05, 4.69) is 26.0 Å². The van der Waals surface area contributed by atoms with Gasteiger partial charge in [0, 0.05) is 12.8 Å². The fourth-order valence-electron chi connectivity index (χ4n) is 7.13. The molecule has 2 fully saturated rings. The molecule has 3 rings (SSSR count). The van der Waals surface area contributed by atoms with Crippen LogP contribution in [0.1, 0.15) is 85.5 Å². The number of hydrogen-bond donors (Lipinski definition) is 1. The van der Waals surface area contributed by atoms with Crippen molar-refractivity contribution < 1.29 is 24.2 Å². The van der Waals surface area contributed by atoms with Gasteiger partial charge in [-0.2, -0.15) is 0 Å². The lowest BCUT2D eigenvalue weighted by Gasteiger charge is -2.58. The number of carboxylic acid groups (broad SMARTS) is 1. The fraction of sp³-hybridized carbons (Fsp3) is 0.808. The summed E-state index contributed by atoms with van der Waals surface area (Å²) < 4.78 is 4.97. The van der Waals surface area contributed by atoms with Crippen LogP contribution in [-0.2, 0) is 19.1 Å². The molecule has 0 bridgehead atoms. The molecule has 0 heterocycles. The Hall–Kier alpha value is -1.65. The van der Waals surface area contributed by atoms with E-state index in [1.54, 1.807) is 0 Å². The number of hydrogen-bond acceptors (Lipinski definition) is 4. The zero-order valence-corrected chi connectivity index (χ0v) is 19.7. The zero-order valence-electron chi connectivity index (χ0n) is 19.7. The van der Waals surface area contributed by atoms with Gasteiger partial charge < -0.3 is 9.84 Å². The lowest BCUT2D eigenvalue weighted by molar-refractivity contribution is -0.149. The van der Waals surface area contributed by atoms with E-state index < -0.39 is 11.9 Å². The van der Waals surface area contributed by atoms with Gasteiger partial charge in [-0.05, 0) is 86.4 Å². The summed E-state index contributed by atoms with van der Waals surface area (Å²) in [6.07, 6.45) is 13.3. The summed E-state index contributed by atoms with van der Waals surface area (Å²) in [4.78, 5) is 35.2. The quantitative estimate of drug-likeness (QED) is 0.409. The van der Waals surface area contributed by atoms with Crippen molar-refractivity contribution in [3.63, 3.8) is 0 Å². The number of ketones is 1. The minimum atomic E-state index is -0.671. The van der Waals surface area contributed by atoms with Gasteiger partial charge in [0.1, 0.15) is 6.61 Å². The molecule has 0 radical (unpaired) electrons. The van der Waals surface area contributed by atoms with Crippen molar-refractivity contribution >= 4 is 17.7 Å². The van der Waals surface area contributed by atoms with Gasteiger partial charge in [-0.3, -0.25) is 14.4 Å². The Morgan fingerprint density at radius 1 is 1.16 bits per heavy atom. The summed E-state index contributed by atoms with van der Waals surface area (Å²) in [5, 5.41) is 9.47. The highest BCUT2D eigenvalue weighted by Gasteiger charge is 2.54. The SMILES string of the molecule is CCC(CCC1(C)C=CCC2C1CCC1(C)CC(C(=O)COC(C)=O)CCC21)C(=O)O. The molecule has 0 spiro atoms. The van der Waals surface area contributed by atoms with Crippen LogP contribution >= 0.6 is 0 Å². The summed E-state index contributed by atoms with van der Waals surface area (Å²) >= 11 is 0. The third-order valence-electron chi connectivity index (χ3n) is 8.99. The van der Waals surface area contributed by atoms with Crippen molar-refractivity contribution in [2.45, 2.75) is 85.5 Å². The highest BCUT2D eigenvalue weighted by atomic mass is 16.5. The maximum Gasteiger partial charge on any atom is 0.306 e. The summed E-state index contributed by atoms with van der Waals surface area (Å²) in [6.45, 7) is 7.93. The average Bonchev–Trinajstić information content (AvgIpc) is 2.71. The van der Waals surface area contributed by atoms with Crippen LogP contribution in [0, 0.1) is 40.4 Å². The van der Waals surface area contributed by atoms with E-state index in [-0.39, 0.29) is 35.1 Å². The van der Waals surface area contributed by atoms with Gasteiger partial charge in [0.25, 0.3) is 0 Å². The number of Topliss-reactive ketones (excluding diaryl/α,β-unsaturated/α-hetero) is 1. The number of carbonyl (C=O) groups excluding carboxylic acids is 2. The van der Waals surface area contributed by atoms with Crippen molar-refractivity contribution in [3.8, 4) is 0 Å². The predicted molar refractivity (Wildman–Crippen MR) is 119 cm³/mol. The number of aliphatic carboxylic acids is 1. The molecule has 3 aliphatic rings. The molecule has 0 amide bonds. The van der Waals surface area contributed by atoms with Crippen LogP contribution in [0.5, 0.6) is 0 Å². The molecule has 7 unspecified atom stereocenters. The number of esters is 1. The number of rotatable bonds is 8. The predicted octanol–water partition coefficient (Wildman–Crippen LogP) is 5.42. The standard InChI is InChI=1S/C26H40O5/c1-5-18(24(29)30)10-13-25(3)12-6-7-20-21-9-8-19(23(28)16-31-17(2)27)15-26(21,4)14-11-22(20)25/h6,12,18-22H,5,7-11,13-16H2,1-4H3,(H,29,30). The molecule has 31 heavy (non-hydrogen) atoms. The summed E-state index contributed by atoms with van der Waals surface area (Å²) in [5.74, 6) is 0.574. The maximum absolute atomic E-state index is 12.6. The second-order valence-electron chi connectivity index (χ2n) is 10.9. The van der Waals surface area contributed by atoms with Crippen LogP contribution in [-0.4, -0.2) is 29.4 Å². The van der Waals surface area contributed by atoms with E-state index in [4.69, 9.17) is 4.74 Å². The minimum absolute atomic E-state index is 0.00328. The molecule has 1 N–H and O–H groups in total. The number of carboxylic acids is 1. The van der Waals surface area contributed by atoms with E-state index in [0.717, 1.165) is 51.4 Å². The number of ether oxygens (including phenoxy) is 1. The van der Waals surface area contributed by atoms with E-state index in [9.17, 15) is 19.5 Å². The van der Waals surface area contributed by atoms with Crippen molar-refractivity contribution in [2.75, 3.05) is 6.61 Å². The Morgan fingerprint density at radius 2 is 1.90 bits per heavy atom. The third kappa shape index (κ3) is 5.06. The molecule has 0 saturated heterocycles. The highest BCUT2D eigenvalue weighted by molar-refractivity contribution is 5.84. The van der Waals surface area contributed by atoms with Crippen LogP contribution in [0.3, 0.4) is 0 Å². The van der Waals surface area contributed by atoms with Crippen molar-refractivity contribution in [2.24, 2.45) is 40.4 Å². The molecule has 2 saturated carbocycles. The monoisotopic (exact) mass is 432 g/mol. The molecule has 5 nitrogen and oxygen atoms in total. The molecule has 5 heteroatoms. The van der Waals surface area contributed by atoms with Crippen LogP contribution in [0.4, 0.5) is 0 Å². The van der Waals surface area contributed by atoms with Gasteiger partial charge in [0.15, 0.2) is 5.78 Å². The van der Waals surface area contributed by atoms with E-state index in [0.29, 0.717) is 24.2 Å². The minimum Gasteiger partial charge on any atom is -0.481 e. The highest BCUT2D eigenvalue weighted by Crippen LogP contribution is 2.62. The van der Waals surface area contributed by atoms with Crippen LogP contribution in [0.2, 0.25) is 0 Å². The van der Waals surface area contributed by atoms with Crippen molar-refractivity contribution in [1.82, 2.24) is 0 Å². The van der Waals surface area contributed by atoms with Crippen LogP contribution in [0.25, 0.3) is 0 Å². The molecule has 3 aliphatic carbocycles. The lowest BCUT2D eigenvalue weighted by Crippen LogP contribution is -2.51. The lowest BCUT2D eigenvalue weighted by atomic mass is 9.46. The van der Waals surface area contributed by atoms with E-state index in [1.807, 2.05) is 6.92 Å². The second-order valence-corrected chi connectivity index (χ2v) is 10.9. The normalized spacial score (nSPS) is 37.9. The van der Waals surface area contributed by atoms with E-state index in [1.165, 1.54) is 6.92 Å². The third-order valence-corrected chi connectivity index (χ3v) is 8.99. The topological polar surface area (TPSA) is 80.7 Å². The van der Waals surface area contributed by atoms with Crippen molar-refractivity contribution in [3.05, 3.63) is 12.2 Å². The Morgan fingerprint density at radius 3 is 2.55 bits per heavy atom. The molecule has 0 aromatic rings. The number of carbonyl (C=O) groups is 3. The van der Waals surface area contributed by atoms with Crippen LogP contribution < -0.4 is 0 Å². The van der Waals surface area contributed by atoms with Gasteiger partial charge >= 0.3 is 11.9 Å². The largest absolute Gasteiger partial charge is 0.481 e. The second kappa shape index (κ2) is 9.46. The van der Waals surface area contributed by atoms with Crippen molar-refractivity contribution in [1.29, 1.82) is 0 Å². The van der Waals surface area contributed by atoms with Crippen LogP contribution in [0.15, 0.2) is 12.2 Å². The van der Waals surface area contributed by atoms with E-state index >= 15 is 0 Å². The fourth-order valence-corrected chi connectivity index (χ4v) is 7.13. The average molecular weight is 433 g/mol. The van der Waals surface area contributed by atoms with Gasteiger partial charge in [0.2, 0.25) is 0 Å². The molecule has 0 aliphatic heterocycles. The smallest absolute Gasteiger partial charge is 0.306 e. The molecule has 174 valence electrons. The molecular formula is C26H40O5. The Balaban J connectivity index is 1.68. The Kier molecular flexibility index (Phi) is 7.32. The first-order valence-corrected chi connectivity index (χ1v) is 12.2. The zero-order chi connectivity index (χ0) is 22.8. The summed E-state index contributed by atoms with van der Waals surface area (Å²) in [7, 11) is 0. The van der Waals surface area contributed by atoms with Gasteiger partial charge in [-0.25, -0.2) is 0 Å². The molecular weight excluding hydrogens is 392 g/mol. The summed E-state index contributed by atoms with van der Waals surface area (Å²) in [5.41, 5.74) is 0.226. The van der Waals surface area contributed by atoms with Gasteiger partial charge in [-0.1, -0.05) is 32.9 Å². The first-order valence-electron chi connectivity index (χ1n) is 12.2. The first kappa shape index (κ1) is 24.0. The molecule has 0 aromatic heterocycles. The van der Waals surface area contributed by atoms with Gasteiger partial charge in [-0.15, -0.1) is 0 Å². The first-order chi connectivity index (χ1) is 14.6. The molecule has 7 atom stereocenters. The summed E-state index contributed by atoms with van der Waals surface area (Å²) in [6, 6.07) is 0. The number of fused-ring (bicyclic) bond motifs is 3. The Labute approximate surface area is 187 Å². The number of allylic oxidation sites excluding steroid dienone is 2.